The van der Waals surface area contributed by atoms with Crippen LogP contribution in [0.4, 0.5) is 5.69 Å². The van der Waals surface area contributed by atoms with E-state index in [0.29, 0.717) is 5.75 Å². The van der Waals surface area contributed by atoms with E-state index in [-0.39, 0.29) is 11.3 Å². The first-order valence-electron chi connectivity index (χ1n) is 4.21. The van der Waals surface area contributed by atoms with Crippen molar-refractivity contribution >= 4 is 17.6 Å². The highest BCUT2D eigenvalue weighted by Crippen LogP contribution is 2.21. The minimum atomic E-state index is -1.62. The van der Waals surface area contributed by atoms with E-state index >= 15 is 0 Å². The highest BCUT2D eigenvalue weighted by molar-refractivity contribution is 6.36. The Hall–Kier alpha value is -2.55. The van der Waals surface area contributed by atoms with Crippen LogP contribution in [0.25, 0.3) is 0 Å². The lowest BCUT2D eigenvalue weighted by molar-refractivity contribution is -0.147. The topological polar surface area (TPSA) is 99.4 Å². The smallest absolute Gasteiger partial charge is 0.394 e. The van der Waals surface area contributed by atoms with Gasteiger partial charge in [-0.05, 0) is 12.1 Å². The van der Waals surface area contributed by atoms with Crippen LogP contribution in [-0.4, -0.2) is 24.1 Å². The van der Waals surface area contributed by atoms with Gasteiger partial charge in [0, 0.05) is 6.07 Å². The second-order valence-electron chi connectivity index (χ2n) is 2.78. The Balaban J connectivity index is 3.06. The first kappa shape index (κ1) is 11.5. The molecule has 1 amide bonds. The molecule has 16 heavy (non-hydrogen) atoms. The monoisotopic (exact) mass is 220 g/mol. The van der Waals surface area contributed by atoms with Crippen LogP contribution in [-0.2, 0) is 9.59 Å². The SMILES string of the molecule is COc1ccc(C#N)c(NC(=O)C(=O)O)c1. The third-order valence-corrected chi connectivity index (χ3v) is 1.79. The summed E-state index contributed by atoms with van der Waals surface area (Å²) in [6, 6.07) is 6.17. The first-order valence-corrected chi connectivity index (χ1v) is 4.21. The van der Waals surface area contributed by atoms with Gasteiger partial charge in [-0.15, -0.1) is 0 Å². The summed E-state index contributed by atoms with van der Waals surface area (Å²) in [7, 11) is 1.42. The summed E-state index contributed by atoms with van der Waals surface area (Å²) in [6.07, 6.45) is 0. The van der Waals surface area contributed by atoms with Gasteiger partial charge in [0.05, 0.1) is 18.4 Å². The van der Waals surface area contributed by atoms with Crippen molar-refractivity contribution in [2.24, 2.45) is 0 Å². The molecule has 0 aliphatic carbocycles. The van der Waals surface area contributed by atoms with Crippen LogP contribution in [0.3, 0.4) is 0 Å². The zero-order chi connectivity index (χ0) is 12.1. The molecule has 0 fully saturated rings. The second-order valence-corrected chi connectivity index (χ2v) is 2.78. The van der Waals surface area contributed by atoms with Crippen LogP contribution in [0.5, 0.6) is 5.75 Å². The number of nitriles is 1. The third-order valence-electron chi connectivity index (χ3n) is 1.79. The van der Waals surface area contributed by atoms with Gasteiger partial charge in [-0.2, -0.15) is 5.26 Å². The van der Waals surface area contributed by atoms with E-state index in [0.717, 1.165) is 0 Å². The van der Waals surface area contributed by atoms with Crippen LogP contribution >= 0.6 is 0 Å². The zero-order valence-corrected chi connectivity index (χ0v) is 8.35. The van der Waals surface area contributed by atoms with Gasteiger partial charge in [0.15, 0.2) is 0 Å². The molecule has 1 aromatic rings. The van der Waals surface area contributed by atoms with Crippen molar-refractivity contribution in [3.63, 3.8) is 0 Å². The van der Waals surface area contributed by atoms with Gasteiger partial charge in [0.25, 0.3) is 0 Å². The fourth-order valence-corrected chi connectivity index (χ4v) is 1.03. The molecular weight excluding hydrogens is 212 g/mol. The first-order chi connectivity index (χ1) is 7.58. The molecule has 6 nitrogen and oxygen atoms in total. The molecule has 0 heterocycles. The van der Waals surface area contributed by atoms with Crippen LogP contribution < -0.4 is 10.1 Å². The number of carbonyl (C=O) groups is 2. The molecule has 0 saturated carbocycles. The Kier molecular flexibility index (Phi) is 3.45. The molecule has 2 N–H and O–H groups in total. The number of carbonyl (C=O) groups excluding carboxylic acids is 1. The summed E-state index contributed by atoms with van der Waals surface area (Å²) < 4.78 is 4.89. The van der Waals surface area contributed by atoms with Crippen molar-refractivity contribution in [2.75, 3.05) is 12.4 Å². The van der Waals surface area contributed by atoms with Gasteiger partial charge < -0.3 is 15.2 Å². The molecule has 0 aromatic heterocycles. The minimum Gasteiger partial charge on any atom is -0.497 e. The summed E-state index contributed by atoms with van der Waals surface area (Å²) in [4.78, 5) is 21.3. The van der Waals surface area contributed by atoms with Gasteiger partial charge in [-0.25, -0.2) is 4.79 Å². The molecule has 1 rings (SSSR count). The van der Waals surface area contributed by atoms with Crippen LogP contribution in [0, 0.1) is 11.3 Å². The fourth-order valence-electron chi connectivity index (χ4n) is 1.03. The number of amides is 1. The average molecular weight is 220 g/mol. The summed E-state index contributed by atoms with van der Waals surface area (Å²) in [5.41, 5.74) is 0.268. The number of nitrogens with zero attached hydrogens (tertiary/aromatic N) is 1. The minimum absolute atomic E-state index is 0.106. The number of rotatable bonds is 2. The van der Waals surface area contributed by atoms with Crippen molar-refractivity contribution in [1.82, 2.24) is 0 Å². The molecule has 0 spiro atoms. The quantitative estimate of drug-likeness (QED) is 0.710. The molecular formula is C10H8N2O4. The summed E-state index contributed by atoms with van der Waals surface area (Å²) in [6.45, 7) is 0. The largest absolute Gasteiger partial charge is 0.497 e. The van der Waals surface area contributed by atoms with Crippen molar-refractivity contribution in [2.45, 2.75) is 0 Å². The summed E-state index contributed by atoms with van der Waals surface area (Å²) in [5.74, 6) is -2.41. The molecule has 82 valence electrons. The van der Waals surface area contributed by atoms with Crippen molar-refractivity contribution in [1.29, 1.82) is 5.26 Å². The predicted octanol–water partition coefficient (Wildman–Crippen LogP) is 0.590. The van der Waals surface area contributed by atoms with E-state index in [1.807, 2.05) is 6.07 Å². The summed E-state index contributed by atoms with van der Waals surface area (Å²) >= 11 is 0. The van der Waals surface area contributed by atoms with E-state index in [2.05, 4.69) is 5.32 Å². The van der Waals surface area contributed by atoms with Crippen molar-refractivity contribution in [3.8, 4) is 11.8 Å². The number of carboxylic acids is 1. The van der Waals surface area contributed by atoms with Crippen LogP contribution in [0.15, 0.2) is 18.2 Å². The van der Waals surface area contributed by atoms with E-state index in [9.17, 15) is 9.59 Å². The zero-order valence-electron chi connectivity index (χ0n) is 8.35. The number of carboxylic acid groups (broad SMARTS) is 1. The molecule has 0 atom stereocenters. The standard InChI is InChI=1S/C10H8N2O4/c1-16-7-3-2-6(5-11)8(4-7)12-9(13)10(14)15/h2-4H,1H3,(H,12,13)(H,14,15). The predicted molar refractivity (Wildman–Crippen MR) is 54.0 cm³/mol. The second kappa shape index (κ2) is 4.79. The number of aliphatic carboxylic acids is 1. The van der Waals surface area contributed by atoms with E-state index < -0.39 is 11.9 Å². The number of ether oxygens (including phenoxy) is 1. The average Bonchev–Trinajstić information content (AvgIpc) is 2.28. The number of methoxy groups -OCH3 is 1. The maximum Gasteiger partial charge on any atom is 0.394 e. The van der Waals surface area contributed by atoms with E-state index in [1.165, 1.54) is 25.3 Å². The fraction of sp³-hybridized carbons (Fsp3) is 0.100. The molecule has 0 bridgehead atoms. The molecule has 0 radical (unpaired) electrons. The third kappa shape index (κ3) is 2.48. The number of benzene rings is 1. The summed E-state index contributed by atoms with van der Waals surface area (Å²) in [5, 5.41) is 19.2. The Morgan fingerprint density at radius 2 is 2.19 bits per heavy atom. The molecule has 0 aliphatic rings. The molecule has 0 unspecified atom stereocenters. The number of hydrogen-bond donors (Lipinski definition) is 2. The normalized spacial score (nSPS) is 9.00. The number of hydrogen-bond acceptors (Lipinski definition) is 4. The van der Waals surface area contributed by atoms with Gasteiger partial charge in [0.1, 0.15) is 11.8 Å². The Bertz CT molecular complexity index is 476. The molecule has 0 saturated heterocycles. The van der Waals surface area contributed by atoms with Gasteiger partial charge in [-0.3, -0.25) is 4.79 Å². The maximum absolute atomic E-state index is 10.9. The van der Waals surface area contributed by atoms with Gasteiger partial charge in [-0.1, -0.05) is 0 Å². The van der Waals surface area contributed by atoms with Gasteiger partial charge >= 0.3 is 11.9 Å². The van der Waals surface area contributed by atoms with Crippen LogP contribution in [0.1, 0.15) is 5.56 Å². The maximum atomic E-state index is 10.9. The molecule has 0 aliphatic heterocycles. The van der Waals surface area contributed by atoms with E-state index in [4.69, 9.17) is 15.1 Å². The number of anilines is 1. The highest BCUT2D eigenvalue weighted by atomic mass is 16.5. The van der Waals surface area contributed by atoms with Crippen LogP contribution in [0.2, 0.25) is 0 Å². The highest BCUT2D eigenvalue weighted by Gasteiger charge is 2.14. The van der Waals surface area contributed by atoms with E-state index in [1.54, 1.807) is 0 Å². The Labute approximate surface area is 91.1 Å². The lowest BCUT2D eigenvalue weighted by Crippen LogP contribution is -2.22. The van der Waals surface area contributed by atoms with Crippen molar-refractivity contribution in [3.05, 3.63) is 23.8 Å². The number of nitrogens with one attached hydrogen (secondary N) is 1. The Morgan fingerprint density at radius 3 is 2.69 bits per heavy atom. The van der Waals surface area contributed by atoms with Crippen molar-refractivity contribution < 1.29 is 19.4 Å². The van der Waals surface area contributed by atoms with Gasteiger partial charge in [0.2, 0.25) is 0 Å². The Morgan fingerprint density at radius 1 is 1.50 bits per heavy atom. The lowest BCUT2D eigenvalue weighted by Gasteiger charge is -2.06. The lowest BCUT2D eigenvalue weighted by atomic mass is 10.2. The molecule has 6 heteroatoms. The molecule has 1 aromatic carbocycles.